The van der Waals surface area contributed by atoms with E-state index in [9.17, 15) is 4.79 Å². The molecule has 8 nitrogen and oxygen atoms in total. The van der Waals surface area contributed by atoms with Gasteiger partial charge in [-0.1, -0.05) is 0 Å². The van der Waals surface area contributed by atoms with E-state index in [1.165, 1.54) is 11.3 Å². The molecular weight excluding hydrogens is 404 g/mol. The molecule has 154 valence electrons. The van der Waals surface area contributed by atoms with Crippen molar-refractivity contribution in [2.24, 2.45) is 0 Å². The molecule has 4 aromatic rings. The van der Waals surface area contributed by atoms with Gasteiger partial charge < -0.3 is 23.8 Å². The predicted octanol–water partition coefficient (Wildman–Crippen LogP) is 3.19. The molecule has 0 bridgehead atoms. The number of thiophene rings is 1. The van der Waals surface area contributed by atoms with Crippen molar-refractivity contribution in [3.05, 3.63) is 58.6 Å². The molecule has 1 aliphatic heterocycles. The number of hydrogen-bond acceptors (Lipinski definition) is 7. The summed E-state index contributed by atoms with van der Waals surface area (Å²) in [5.74, 6) is 1.07. The molecule has 0 saturated carbocycles. The minimum Gasteiger partial charge on any atom is -0.470 e. The topological polar surface area (TPSA) is 91.4 Å². The minimum absolute atomic E-state index is 0.0368. The number of carbonyl (C=O) groups is 1. The van der Waals surface area contributed by atoms with Crippen molar-refractivity contribution in [3.8, 4) is 11.6 Å². The molecule has 1 fully saturated rings. The first-order chi connectivity index (χ1) is 14.7. The number of nitrogens with one attached hydrogen (secondary N) is 1. The molecule has 30 heavy (non-hydrogen) atoms. The van der Waals surface area contributed by atoms with Crippen LogP contribution in [0.3, 0.4) is 0 Å². The number of ether oxygens (including phenoxy) is 2. The van der Waals surface area contributed by atoms with E-state index in [1.54, 1.807) is 19.6 Å². The van der Waals surface area contributed by atoms with Crippen molar-refractivity contribution < 1.29 is 18.7 Å². The van der Waals surface area contributed by atoms with Gasteiger partial charge in [-0.05, 0) is 12.1 Å². The number of furan rings is 1. The third-order valence-electron chi connectivity index (χ3n) is 4.97. The maximum Gasteiger partial charge on any atom is 0.251 e. The number of nitrogens with zero attached hydrogens (tertiary/aromatic N) is 3. The van der Waals surface area contributed by atoms with E-state index >= 15 is 0 Å². The van der Waals surface area contributed by atoms with E-state index in [1.807, 2.05) is 34.3 Å². The summed E-state index contributed by atoms with van der Waals surface area (Å²) in [4.78, 5) is 22.3. The number of amides is 1. The average Bonchev–Trinajstić information content (AvgIpc) is 3.53. The Labute approximate surface area is 176 Å². The maximum absolute atomic E-state index is 11.8. The normalized spacial score (nSPS) is 16.2. The Kier molecular flexibility index (Phi) is 4.97. The van der Waals surface area contributed by atoms with Crippen molar-refractivity contribution in [3.63, 3.8) is 0 Å². The molecule has 0 unspecified atom stereocenters. The number of fused-ring (bicyclic) bond motifs is 1. The van der Waals surface area contributed by atoms with Crippen LogP contribution in [-0.2, 0) is 11.2 Å². The fraction of sp³-hybridized carbons (Fsp3) is 0.286. The predicted molar refractivity (Wildman–Crippen MR) is 111 cm³/mol. The first-order valence-corrected chi connectivity index (χ1v) is 10.5. The van der Waals surface area contributed by atoms with Gasteiger partial charge in [0.2, 0.25) is 5.88 Å². The molecule has 0 aromatic carbocycles. The van der Waals surface area contributed by atoms with Gasteiger partial charge in [0.15, 0.2) is 0 Å². The third kappa shape index (κ3) is 3.57. The van der Waals surface area contributed by atoms with E-state index in [0.717, 1.165) is 28.0 Å². The van der Waals surface area contributed by atoms with Crippen molar-refractivity contribution >= 4 is 28.3 Å². The molecule has 1 atom stereocenters. The van der Waals surface area contributed by atoms with Crippen molar-refractivity contribution in [1.82, 2.24) is 19.9 Å². The fourth-order valence-corrected chi connectivity index (χ4v) is 4.35. The second-order valence-corrected chi connectivity index (χ2v) is 8.00. The molecular formula is C21H20N4O4S. The Bertz CT molecular complexity index is 1180. The zero-order chi connectivity index (χ0) is 20.5. The van der Waals surface area contributed by atoms with E-state index in [2.05, 4.69) is 5.32 Å². The van der Waals surface area contributed by atoms with E-state index in [4.69, 9.17) is 23.9 Å². The summed E-state index contributed by atoms with van der Waals surface area (Å²) in [6, 6.07) is 5.69. The molecule has 1 aliphatic rings. The fourth-order valence-electron chi connectivity index (χ4n) is 3.49. The van der Waals surface area contributed by atoms with Crippen LogP contribution >= 0.6 is 11.3 Å². The number of hydrogen-bond donors (Lipinski definition) is 1. The monoisotopic (exact) mass is 424 g/mol. The number of aromatic nitrogens is 3. The summed E-state index contributed by atoms with van der Waals surface area (Å²) in [6.45, 7) is 1.24. The average molecular weight is 424 g/mol. The zero-order valence-corrected chi connectivity index (χ0v) is 17.1. The van der Waals surface area contributed by atoms with Crippen LogP contribution in [0.1, 0.15) is 27.5 Å². The van der Waals surface area contributed by atoms with Crippen LogP contribution in [0.4, 0.5) is 0 Å². The Morgan fingerprint density at radius 3 is 3.10 bits per heavy atom. The third-order valence-corrected chi connectivity index (χ3v) is 5.91. The highest BCUT2D eigenvalue weighted by Crippen LogP contribution is 2.30. The summed E-state index contributed by atoms with van der Waals surface area (Å²) < 4.78 is 18.9. The second-order valence-electron chi connectivity index (χ2n) is 7.01. The van der Waals surface area contributed by atoms with Gasteiger partial charge in [-0.3, -0.25) is 4.79 Å². The van der Waals surface area contributed by atoms with Gasteiger partial charge in [0.1, 0.15) is 23.7 Å². The zero-order valence-electron chi connectivity index (χ0n) is 16.3. The molecule has 1 amide bonds. The Morgan fingerprint density at radius 2 is 2.33 bits per heavy atom. The van der Waals surface area contributed by atoms with Gasteiger partial charge in [0, 0.05) is 42.4 Å². The molecule has 5 rings (SSSR count). The van der Waals surface area contributed by atoms with Crippen molar-refractivity contribution in [1.29, 1.82) is 0 Å². The highest BCUT2D eigenvalue weighted by Gasteiger charge is 2.22. The van der Waals surface area contributed by atoms with Gasteiger partial charge in [-0.2, -0.15) is 4.98 Å². The van der Waals surface area contributed by atoms with E-state index < -0.39 is 0 Å². The van der Waals surface area contributed by atoms with Gasteiger partial charge >= 0.3 is 0 Å². The first kappa shape index (κ1) is 18.8. The lowest BCUT2D eigenvalue weighted by Crippen LogP contribution is -2.18. The largest absolute Gasteiger partial charge is 0.470 e. The quantitative estimate of drug-likeness (QED) is 0.511. The minimum atomic E-state index is -0.101. The van der Waals surface area contributed by atoms with Gasteiger partial charge in [-0.25, -0.2) is 4.98 Å². The molecule has 5 heterocycles. The van der Waals surface area contributed by atoms with Crippen LogP contribution in [0.5, 0.6) is 5.88 Å². The lowest BCUT2D eigenvalue weighted by Gasteiger charge is -2.14. The number of rotatable bonds is 6. The summed E-state index contributed by atoms with van der Waals surface area (Å²) in [7, 11) is 1.62. The SMILES string of the molecule is CNC(=O)c1csc(Cc2nc(O[C@H]3CCOC3)c3c(ccn3-c3ccoc3)n2)c1. The lowest BCUT2D eigenvalue weighted by molar-refractivity contribution is 0.0963. The van der Waals surface area contributed by atoms with Crippen LogP contribution in [0.2, 0.25) is 0 Å². The van der Waals surface area contributed by atoms with Crippen LogP contribution in [0.25, 0.3) is 16.7 Å². The summed E-state index contributed by atoms with van der Waals surface area (Å²) >= 11 is 1.52. The van der Waals surface area contributed by atoms with E-state index in [-0.39, 0.29) is 12.0 Å². The number of carbonyl (C=O) groups excluding carboxylic acids is 1. The maximum atomic E-state index is 11.8. The standard InChI is InChI=1S/C21H20N4O4S/c1-22-20(26)13-8-16(30-12-13)9-18-23-17-2-5-25(14-3-6-27-10-14)19(17)21(24-18)29-15-4-7-28-11-15/h2-3,5-6,8,10,12,15H,4,7,9,11H2,1H3,(H,22,26)/t15-/m0/s1. The lowest BCUT2D eigenvalue weighted by atomic mass is 10.2. The summed E-state index contributed by atoms with van der Waals surface area (Å²) in [5.41, 5.74) is 3.11. The summed E-state index contributed by atoms with van der Waals surface area (Å²) in [5, 5.41) is 4.49. The van der Waals surface area contributed by atoms with Gasteiger partial charge in [0.05, 0.1) is 36.2 Å². The van der Waals surface area contributed by atoms with Crippen LogP contribution in [0, 0.1) is 0 Å². The Balaban J connectivity index is 1.53. The molecule has 0 spiro atoms. The molecule has 0 radical (unpaired) electrons. The smallest absolute Gasteiger partial charge is 0.251 e. The molecule has 9 heteroatoms. The van der Waals surface area contributed by atoms with Gasteiger partial charge in [-0.15, -0.1) is 11.3 Å². The van der Waals surface area contributed by atoms with Gasteiger partial charge in [0.25, 0.3) is 5.91 Å². The molecule has 0 aliphatic carbocycles. The molecule has 1 saturated heterocycles. The Morgan fingerprint density at radius 1 is 1.40 bits per heavy atom. The van der Waals surface area contributed by atoms with Crippen LogP contribution in [-0.4, -0.2) is 46.8 Å². The highest BCUT2D eigenvalue weighted by atomic mass is 32.1. The molecule has 1 N–H and O–H groups in total. The van der Waals surface area contributed by atoms with Crippen molar-refractivity contribution in [2.45, 2.75) is 18.9 Å². The summed E-state index contributed by atoms with van der Waals surface area (Å²) in [6.07, 6.45) is 6.54. The van der Waals surface area contributed by atoms with Crippen molar-refractivity contribution in [2.75, 3.05) is 20.3 Å². The molecule has 4 aromatic heterocycles. The Hall–Kier alpha value is -3.17. The van der Waals surface area contributed by atoms with E-state index in [0.29, 0.717) is 36.9 Å². The second kappa shape index (κ2) is 7.92. The van der Waals surface area contributed by atoms with Crippen LogP contribution < -0.4 is 10.1 Å². The first-order valence-electron chi connectivity index (χ1n) is 9.65. The van der Waals surface area contributed by atoms with Crippen LogP contribution in [0.15, 0.2) is 46.7 Å². The highest BCUT2D eigenvalue weighted by molar-refractivity contribution is 7.10.